The van der Waals surface area contributed by atoms with Gasteiger partial charge < -0.3 is 15.2 Å². The fourth-order valence-corrected chi connectivity index (χ4v) is 2.24. The van der Waals surface area contributed by atoms with E-state index in [2.05, 4.69) is 15.3 Å². The molecule has 1 aromatic heterocycles. The Kier molecular flexibility index (Phi) is 4.31. The molecule has 5 heteroatoms. The van der Waals surface area contributed by atoms with Gasteiger partial charge in [-0.3, -0.25) is 0 Å². The minimum atomic E-state index is -0.529. The number of nitrogens with one attached hydrogen (secondary N) is 1. The zero-order valence-electron chi connectivity index (χ0n) is 12.2. The van der Waals surface area contributed by atoms with Crippen molar-refractivity contribution in [2.24, 2.45) is 5.92 Å². The van der Waals surface area contributed by atoms with Gasteiger partial charge in [0.15, 0.2) is 0 Å². The van der Waals surface area contributed by atoms with Crippen molar-refractivity contribution in [2.75, 3.05) is 25.1 Å². The van der Waals surface area contributed by atoms with Gasteiger partial charge >= 0.3 is 0 Å². The van der Waals surface area contributed by atoms with Gasteiger partial charge in [-0.05, 0) is 37.8 Å². The van der Waals surface area contributed by atoms with Gasteiger partial charge in [-0.2, -0.15) is 0 Å². The molecule has 1 unspecified atom stereocenters. The fraction of sp³-hybridized carbons (Fsp3) is 0.500. The van der Waals surface area contributed by atoms with Gasteiger partial charge in [0.1, 0.15) is 12.1 Å². The van der Waals surface area contributed by atoms with Gasteiger partial charge in [0.25, 0.3) is 0 Å². The van der Waals surface area contributed by atoms with Crippen LogP contribution in [0.5, 0.6) is 0 Å². The number of hydrogen-bond acceptors (Lipinski definition) is 5. The molecule has 0 amide bonds. The van der Waals surface area contributed by atoms with Crippen LogP contribution >= 0.6 is 0 Å². The summed E-state index contributed by atoms with van der Waals surface area (Å²) in [5.74, 6) is 1.48. The first-order chi connectivity index (χ1) is 10.2. The average Bonchev–Trinajstić information content (AvgIpc) is 3.29. The Morgan fingerprint density at radius 2 is 2.24 bits per heavy atom. The van der Waals surface area contributed by atoms with Crippen LogP contribution in [0.2, 0.25) is 0 Å². The predicted octanol–water partition coefficient (Wildman–Crippen LogP) is 2.14. The van der Waals surface area contributed by atoms with Crippen molar-refractivity contribution in [3.8, 4) is 0 Å². The minimum Gasteiger partial charge on any atom is -0.389 e. The maximum atomic E-state index is 9.94. The van der Waals surface area contributed by atoms with Gasteiger partial charge in [0, 0.05) is 18.5 Å². The molecule has 2 N–H and O–H groups in total. The van der Waals surface area contributed by atoms with Crippen LogP contribution in [-0.2, 0) is 4.74 Å². The first kappa shape index (κ1) is 14.2. The molecule has 0 saturated heterocycles. The Hall–Kier alpha value is -1.72. The molecular weight excluding hydrogens is 266 g/mol. The van der Waals surface area contributed by atoms with Crippen LogP contribution in [0.1, 0.15) is 18.4 Å². The standard InChI is InChI=1S/C16H21N3O2/c1-11-2-5-15-14(6-11)16(19-10-18-15)17-7-13(20)9-21-8-12-3-4-12/h2,5-6,10,12-13,20H,3-4,7-9H2,1H3,(H,17,18,19). The Morgan fingerprint density at radius 3 is 3.05 bits per heavy atom. The number of ether oxygens (including phenoxy) is 1. The van der Waals surface area contributed by atoms with Gasteiger partial charge in [-0.25, -0.2) is 9.97 Å². The number of aryl methyl sites for hydroxylation is 1. The van der Waals surface area contributed by atoms with Crippen molar-refractivity contribution in [3.63, 3.8) is 0 Å². The van der Waals surface area contributed by atoms with Crippen molar-refractivity contribution in [2.45, 2.75) is 25.9 Å². The molecule has 1 aromatic carbocycles. The first-order valence-electron chi connectivity index (χ1n) is 7.43. The number of aliphatic hydroxyl groups is 1. The molecule has 1 aliphatic carbocycles. The summed E-state index contributed by atoms with van der Waals surface area (Å²) in [5.41, 5.74) is 2.06. The normalized spacial score (nSPS) is 16.1. The van der Waals surface area contributed by atoms with E-state index >= 15 is 0 Å². The van der Waals surface area contributed by atoms with Crippen LogP contribution in [0.15, 0.2) is 24.5 Å². The first-order valence-corrected chi connectivity index (χ1v) is 7.43. The van der Waals surface area contributed by atoms with Crippen LogP contribution in [0.25, 0.3) is 10.9 Å². The van der Waals surface area contributed by atoms with Crippen LogP contribution in [0.4, 0.5) is 5.82 Å². The molecule has 0 spiro atoms. The molecule has 112 valence electrons. The van der Waals surface area contributed by atoms with Crippen LogP contribution in [-0.4, -0.2) is 40.9 Å². The number of hydrogen-bond donors (Lipinski definition) is 2. The predicted molar refractivity (Wildman–Crippen MR) is 82.3 cm³/mol. The van der Waals surface area contributed by atoms with Crippen molar-refractivity contribution in [1.82, 2.24) is 9.97 Å². The molecule has 1 fully saturated rings. The maximum Gasteiger partial charge on any atom is 0.137 e. The number of nitrogens with zero attached hydrogens (tertiary/aromatic N) is 2. The molecule has 1 aliphatic rings. The minimum absolute atomic E-state index is 0.367. The lowest BCUT2D eigenvalue weighted by Gasteiger charge is -2.13. The highest BCUT2D eigenvalue weighted by Gasteiger charge is 2.21. The molecule has 0 radical (unpaired) electrons. The molecule has 1 saturated carbocycles. The van der Waals surface area contributed by atoms with E-state index in [0.717, 1.165) is 34.8 Å². The highest BCUT2D eigenvalue weighted by Crippen LogP contribution is 2.28. The van der Waals surface area contributed by atoms with Crippen molar-refractivity contribution >= 4 is 16.7 Å². The van der Waals surface area contributed by atoms with E-state index in [1.807, 2.05) is 25.1 Å². The Bertz CT molecular complexity index is 613. The summed E-state index contributed by atoms with van der Waals surface area (Å²) in [6, 6.07) is 6.06. The summed E-state index contributed by atoms with van der Waals surface area (Å²) in [7, 11) is 0. The molecule has 0 bridgehead atoms. The second kappa shape index (κ2) is 6.37. The molecule has 21 heavy (non-hydrogen) atoms. The summed E-state index contributed by atoms with van der Waals surface area (Å²) in [5, 5.41) is 14.1. The van der Waals surface area contributed by atoms with Crippen LogP contribution in [0.3, 0.4) is 0 Å². The lowest BCUT2D eigenvalue weighted by Crippen LogP contribution is -2.25. The molecule has 5 nitrogen and oxygen atoms in total. The lowest BCUT2D eigenvalue weighted by molar-refractivity contribution is 0.0386. The van der Waals surface area contributed by atoms with E-state index in [0.29, 0.717) is 13.2 Å². The van der Waals surface area contributed by atoms with E-state index in [1.165, 1.54) is 19.2 Å². The lowest BCUT2D eigenvalue weighted by atomic mass is 10.1. The topological polar surface area (TPSA) is 67.3 Å². The van der Waals surface area contributed by atoms with Gasteiger partial charge in [0.05, 0.1) is 18.2 Å². The summed E-state index contributed by atoms with van der Waals surface area (Å²) in [4.78, 5) is 8.51. The number of aromatic nitrogens is 2. The second-order valence-electron chi connectivity index (χ2n) is 5.76. The Labute approximate surface area is 124 Å². The van der Waals surface area contributed by atoms with Crippen molar-refractivity contribution in [1.29, 1.82) is 0 Å². The van der Waals surface area contributed by atoms with Gasteiger partial charge in [-0.1, -0.05) is 11.6 Å². The third kappa shape index (κ3) is 3.89. The molecule has 2 aromatic rings. The molecule has 1 heterocycles. The maximum absolute atomic E-state index is 9.94. The third-order valence-electron chi connectivity index (χ3n) is 3.66. The Balaban J connectivity index is 1.57. The van der Waals surface area contributed by atoms with Gasteiger partial charge in [0.2, 0.25) is 0 Å². The monoisotopic (exact) mass is 287 g/mol. The van der Waals surface area contributed by atoms with Crippen LogP contribution < -0.4 is 5.32 Å². The molecule has 0 aliphatic heterocycles. The molecule has 3 rings (SSSR count). The third-order valence-corrected chi connectivity index (χ3v) is 3.66. The number of benzene rings is 1. The molecular formula is C16H21N3O2. The zero-order valence-corrected chi connectivity index (χ0v) is 12.2. The fourth-order valence-electron chi connectivity index (χ4n) is 2.24. The average molecular weight is 287 g/mol. The second-order valence-corrected chi connectivity index (χ2v) is 5.76. The van der Waals surface area contributed by atoms with E-state index in [4.69, 9.17) is 4.74 Å². The Morgan fingerprint density at radius 1 is 1.38 bits per heavy atom. The molecule has 1 atom stereocenters. The number of fused-ring (bicyclic) bond motifs is 1. The summed E-state index contributed by atoms with van der Waals surface area (Å²) in [6.45, 7) is 3.60. The van der Waals surface area contributed by atoms with Gasteiger partial charge in [-0.15, -0.1) is 0 Å². The van der Waals surface area contributed by atoms with E-state index in [1.54, 1.807) is 0 Å². The highest BCUT2D eigenvalue weighted by atomic mass is 16.5. The van der Waals surface area contributed by atoms with E-state index < -0.39 is 6.10 Å². The number of aliphatic hydroxyl groups excluding tert-OH is 1. The van der Waals surface area contributed by atoms with E-state index in [-0.39, 0.29) is 0 Å². The smallest absolute Gasteiger partial charge is 0.137 e. The zero-order chi connectivity index (χ0) is 14.7. The SMILES string of the molecule is Cc1ccc2ncnc(NCC(O)COCC3CC3)c2c1. The van der Waals surface area contributed by atoms with Crippen molar-refractivity contribution < 1.29 is 9.84 Å². The highest BCUT2D eigenvalue weighted by molar-refractivity contribution is 5.89. The largest absolute Gasteiger partial charge is 0.389 e. The number of rotatable bonds is 7. The number of anilines is 1. The summed E-state index contributed by atoms with van der Waals surface area (Å²) >= 11 is 0. The quantitative estimate of drug-likeness (QED) is 0.816. The van der Waals surface area contributed by atoms with Crippen molar-refractivity contribution in [3.05, 3.63) is 30.1 Å². The summed E-state index contributed by atoms with van der Waals surface area (Å²) in [6.07, 6.45) is 3.54. The van der Waals surface area contributed by atoms with Crippen LogP contribution in [0, 0.1) is 12.8 Å². The summed E-state index contributed by atoms with van der Waals surface area (Å²) < 4.78 is 5.49. The van der Waals surface area contributed by atoms with E-state index in [9.17, 15) is 5.11 Å².